The number of hydrazone groups is 1. The quantitative estimate of drug-likeness (QED) is 0.637. The smallest absolute Gasteiger partial charge is 0.158 e. The molecular weight excluding hydrogens is 354 g/mol. The molecule has 1 heterocycles. The highest BCUT2D eigenvalue weighted by atomic mass is 35.5. The van der Waals surface area contributed by atoms with Crippen LogP contribution in [0, 0.1) is 0 Å². The van der Waals surface area contributed by atoms with E-state index < -0.39 is 0 Å². The van der Waals surface area contributed by atoms with Gasteiger partial charge >= 0.3 is 0 Å². The third-order valence-corrected chi connectivity index (χ3v) is 3.61. The van der Waals surface area contributed by atoms with E-state index in [4.69, 9.17) is 46.4 Å². The highest BCUT2D eigenvalue weighted by Gasteiger charge is 2.08. The Bertz CT molecular complexity index is 688. The lowest BCUT2D eigenvalue weighted by Crippen LogP contribution is -2.11. The summed E-state index contributed by atoms with van der Waals surface area (Å²) in [4.78, 5) is 8.00. The minimum atomic E-state index is 0.204. The van der Waals surface area contributed by atoms with Crippen molar-refractivity contribution in [1.29, 1.82) is 0 Å². The number of nitrogens with zero attached hydrogens (tertiary/aromatic N) is 3. The fraction of sp³-hybridized carbons (Fsp3) is 0.154. The van der Waals surface area contributed by atoms with E-state index in [1.807, 2.05) is 6.07 Å². The summed E-state index contributed by atoms with van der Waals surface area (Å²) in [5.74, 6) is 0. The molecule has 4 nitrogen and oxygen atoms in total. The lowest BCUT2D eigenvalue weighted by molar-refractivity contribution is 0.743. The van der Waals surface area contributed by atoms with Crippen LogP contribution in [0.3, 0.4) is 0 Å². The Balaban J connectivity index is 2.06. The molecule has 0 aliphatic carbocycles. The third kappa shape index (κ3) is 4.45. The van der Waals surface area contributed by atoms with Crippen molar-refractivity contribution in [3.8, 4) is 0 Å². The van der Waals surface area contributed by atoms with Gasteiger partial charge in [-0.25, -0.2) is 9.97 Å². The van der Waals surface area contributed by atoms with Gasteiger partial charge in [0.2, 0.25) is 0 Å². The van der Waals surface area contributed by atoms with Crippen LogP contribution in [0.5, 0.6) is 0 Å². The summed E-state index contributed by atoms with van der Waals surface area (Å²) in [7, 11) is 0. The summed E-state index contributed by atoms with van der Waals surface area (Å²) in [6, 6.07) is 5.28. The molecule has 2 aromatic rings. The average molecular weight is 364 g/mol. The van der Waals surface area contributed by atoms with Crippen LogP contribution in [0.15, 0.2) is 29.5 Å². The van der Waals surface area contributed by atoms with Crippen LogP contribution in [0.2, 0.25) is 20.4 Å². The first-order valence-electron chi connectivity index (χ1n) is 5.87. The van der Waals surface area contributed by atoms with E-state index in [0.717, 1.165) is 5.56 Å². The summed E-state index contributed by atoms with van der Waals surface area (Å²) in [5.41, 5.74) is 4.84. The lowest BCUT2D eigenvalue weighted by Gasteiger charge is -2.06. The maximum Gasteiger partial charge on any atom is 0.158 e. The summed E-state index contributed by atoms with van der Waals surface area (Å²) in [6.07, 6.45) is 1.41. The van der Waals surface area contributed by atoms with Crippen LogP contribution in [-0.2, 0) is 6.54 Å². The fourth-order valence-electron chi connectivity index (χ4n) is 1.55. The Hall–Kier alpha value is -1.07. The van der Waals surface area contributed by atoms with Gasteiger partial charge in [-0.2, -0.15) is 5.10 Å². The van der Waals surface area contributed by atoms with Crippen molar-refractivity contribution in [2.75, 3.05) is 0 Å². The molecule has 1 aromatic heterocycles. The molecule has 0 saturated carbocycles. The predicted molar refractivity (Wildman–Crippen MR) is 87.6 cm³/mol. The summed E-state index contributed by atoms with van der Waals surface area (Å²) in [5, 5.41) is 5.79. The van der Waals surface area contributed by atoms with Crippen LogP contribution >= 0.6 is 46.4 Å². The molecule has 0 saturated heterocycles. The van der Waals surface area contributed by atoms with Crippen molar-refractivity contribution >= 4 is 52.1 Å². The Morgan fingerprint density at radius 1 is 1.24 bits per heavy atom. The van der Waals surface area contributed by atoms with Crippen LogP contribution < -0.4 is 5.43 Å². The molecule has 0 unspecified atom stereocenters. The summed E-state index contributed by atoms with van der Waals surface area (Å²) >= 11 is 23.6. The highest BCUT2D eigenvalue weighted by Crippen LogP contribution is 2.20. The van der Waals surface area contributed by atoms with Crippen LogP contribution in [-0.4, -0.2) is 15.7 Å². The third-order valence-electron chi connectivity index (χ3n) is 2.57. The largest absolute Gasteiger partial charge is 0.305 e. The zero-order chi connectivity index (χ0) is 15.4. The number of halogens is 4. The molecule has 110 valence electrons. The van der Waals surface area contributed by atoms with Gasteiger partial charge in [-0.3, -0.25) is 0 Å². The number of nitrogens with one attached hydrogen (secondary N) is 1. The van der Waals surface area contributed by atoms with Crippen LogP contribution in [0.1, 0.15) is 18.2 Å². The molecule has 0 spiro atoms. The Morgan fingerprint density at radius 2 is 2.00 bits per heavy atom. The minimum absolute atomic E-state index is 0.204. The summed E-state index contributed by atoms with van der Waals surface area (Å²) in [6.45, 7) is 2.21. The SMILES string of the molecule is C/C(=N\NCc1ccc(Cl)cc1Cl)c1ncc(Cl)nc1Cl. The average Bonchev–Trinajstić information content (AvgIpc) is 2.41. The van der Waals surface area contributed by atoms with Crippen molar-refractivity contribution in [3.05, 3.63) is 56.0 Å². The second kappa shape index (κ2) is 7.27. The molecule has 2 rings (SSSR count). The Kier molecular flexibility index (Phi) is 5.65. The molecule has 0 aliphatic rings. The number of hydrogen-bond acceptors (Lipinski definition) is 4. The molecule has 0 aliphatic heterocycles. The Morgan fingerprint density at radius 3 is 2.67 bits per heavy atom. The maximum absolute atomic E-state index is 6.07. The molecule has 21 heavy (non-hydrogen) atoms. The van der Waals surface area contributed by atoms with E-state index in [2.05, 4.69) is 20.5 Å². The minimum Gasteiger partial charge on any atom is -0.305 e. The second-order valence-electron chi connectivity index (χ2n) is 4.10. The van der Waals surface area contributed by atoms with E-state index in [9.17, 15) is 0 Å². The molecule has 1 aromatic carbocycles. The van der Waals surface area contributed by atoms with Gasteiger partial charge in [0, 0.05) is 10.0 Å². The van der Waals surface area contributed by atoms with Crippen molar-refractivity contribution in [2.24, 2.45) is 5.10 Å². The van der Waals surface area contributed by atoms with E-state index in [1.54, 1.807) is 19.1 Å². The molecule has 0 atom stereocenters. The molecule has 0 radical (unpaired) electrons. The van der Waals surface area contributed by atoms with E-state index in [-0.39, 0.29) is 10.3 Å². The lowest BCUT2D eigenvalue weighted by atomic mass is 10.2. The van der Waals surface area contributed by atoms with Gasteiger partial charge in [0.25, 0.3) is 0 Å². The molecule has 0 amide bonds. The van der Waals surface area contributed by atoms with Crippen LogP contribution in [0.4, 0.5) is 0 Å². The molecule has 0 fully saturated rings. The fourth-order valence-corrected chi connectivity index (χ4v) is 2.48. The van der Waals surface area contributed by atoms with E-state index in [1.165, 1.54) is 6.20 Å². The van der Waals surface area contributed by atoms with Gasteiger partial charge in [0.1, 0.15) is 10.8 Å². The monoisotopic (exact) mass is 362 g/mol. The zero-order valence-corrected chi connectivity index (χ0v) is 13.9. The second-order valence-corrected chi connectivity index (χ2v) is 5.69. The number of aromatic nitrogens is 2. The van der Waals surface area contributed by atoms with Gasteiger partial charge in [0.15, 0.2) is 5.15 Å². The standard InChI is InChI=1S/C13H10Cl4N4/c1-7(12-13(17)20-11(16)6-18-12)21-19-5-8-2-3-9(14)4-10(8)15/h2-4,6,19H,5H2,1H3/b21-7+. The topological polar surface area (TPSA) is 50.2 Å². The number of benzene rings is 1. The van der Waals surface area contributed by atoms with Gasteiger partial charge in [0.05, 0.1) is 18.5 Å². The normalized spacial score (nSPS) is 11.6. The van der Waals surface area contributed by atoms with Crippen molar-refractivity contribution in [1.82, 2.24) is 15.4 Å². The number of hydrogen-bond donors (Lipinski definition) is 1. The van der Waals surface area contributed by atoms with Gasteiger partial charge in [-0.05, 0) is 24.6 Å². The highest BCUT2D eigenvalue weighted by molar-refractivity contribution is 6.35. The molecule has 1 N–H and O–H groups in total. The van der Waals surface area contributed by atoms with E-state index in [0.29, 0.717) is 28.0 Å². The van der Waals surface area contributed by atoms with Gasteiger partial charge < -0.3 is 5.43 Å². The van der Waals surface area contributed by atoms with Crippen molar-refractivity contribution < 1.29 is 0 Å². The van der Waals surface area contributed by atoms with Gasteiger partial charge in [-0.15, -0.1) is 0 Å². The molecular formula is C13H10Cl4N4. The van der Waals surface area contributed by atoms with Crippen molar-refractivity contribution in [2.45, 2.75) is 13.5 Å². The maximum atomic E-state index is 6.07. The first-order chi connectivity index (χ1) is 9.97. The Labute approximate surface area is 142 Å². The van der Waals surface area contributed by atoms with Crippen molar-refractivity contribution in [3.63, 3.8) is 0 Å². The summed E-state index contributed by atoms with van der Waals surface area (Å²) < 4.78 is 0. The first kappa shape index (κ1) is 16.3. The first-order valence-corrected chi connectivity index (χ1v) is 7.38. The van der Waals surface area contributed by atoms with Crippen LogP contribution in [0.25, 0.3) is 0 Å². The molecule has 8 heteroatoms. The predicted octanol–water partition coefficient (Wildman–Crippen LogP) is 4.60. The zero-order valence-electron chi connectivity index (χ0n) is 10.9. The molecule has 0 bridgehead atoms. The van der Waals surface area contributed by atoms with Gasteiger partial charge in [-0.1, -0.05) is 52.5 Å². The van der Waals surface area contributed by atoms with E-state index >= 15 is 0 Å². The number of rotatable bonds is 4.